The lowest BCUT2D eigenvalue weighted by molar-refractivity contribution is -0.384. The van der Waals surface area contributed by atoms with E-state index in [9.17, 15) is 14.7 Å². The first kappa shape index (κ1) is 18.8. The van der Waals surface area contributed by atoms with Gasteiger partial charge in [0.1, 0.15) is 5.78 Å². The molecule has 0 aromatic heterocycles. The van der Waals surface area contributed by atoms with Gasteiger partial charge in [0.05, 0.1) is 18.1 Å². The van der Waals surface area contributed by atoms with Gasteiger partial charge < -0.3 is 9.05 Å². The minimum Gasteiger partial charge on any atom is -0.308 e. The molecule has 7 nitrogen and oxygen atoms in total. The highest BCUT2D eigenvalue weighted by atomic mass is 31.2. The first-order valence-corrected chi connectivity index (χ1v) is 8.96. The van der Waals surface area contributed by atoms with Gasteiger partial charge in [-0.1, -0.05) is 19.1 Å². The third-order valence-corrected chi connectivity index (χ3v) is 5.27. The van der Waals surface area contributed by atoms with Crippen molar-refractivity contribution < 1.29 is 18.5 Å². The molecule has 1 atom stereocenters. The summed E-state index contributed by atoms with van der Waals surface area (Å²) in [6.45, 7) is 6.50. The number of nitrogens with zero attached hydrogens (tertiary/aromatic N) is 1. The molecule has 0 unspecified atom stereocenters. The molecule has 1 aromatic carbocycles. The Bertz CT molecular complexity index is 528. The Labute approximate surface area is 130 Å². The van der Waals surface area contributed by atoms with Crippen molar-refractivity contribution in [3.05, 3.63) is 39.9 Å². The summed E-state index contributed by atoms with van der Waals surface area (Å²) in [6, 6.07) is 6.05. The van der Waals surface area contributed by atoms with Crippen LogP contribution in [0.1, 0.15) is 38.5 Å². The fourth-order valence-corrected chi connectivity index (χ4v) is 4.02. The molecule has 0 bridgehead atoms. The Hall–Kier alpha value is -1.27. The summed E-state index contributed by atoms with van der Waals surface area (Å²) < 4.78 is 23.8. The fourth-order valence-electron chi connectivity index (χ4n) is 2.05. The second-order valence-electron chi connectivity index (χ2n) is 4.58. The molecule has 1 rings (SSSR count). The van der Waals surface area contributed by atoms with E-state index in [1.54, 1.807) is 26.0 Å². The molecule has 0 radical (unpaired) electrons. The molecule has 22 heavy (non-hydrogen) atoms. The molecule has 0 saturated carbocycles. The Morgan fingerprint density at radius 1 is 1.27 bits per heavy atom. The predicted molar refractivity (Wildman–Crippen MR) is 85.0 cm³/mol. The first-order valence-electron chi connectivity index (χ1n) is 7.35. The molecule has 0 saturated heterocycles. The number of rotatable bonds is 10. The lowest BCUT2D eigenvalue weighted by Gasteiger charge is -2.27. The van der Waals surface area contributed by atoms with Crippen LogP contribution in [0.2, 0.25) is 0 Å². The Balaban J connectivity index is 3.23. The van der Waals surface area contributed by atoms with Gasteiger partial charge in [0.15, 0.2) is 0 Å². The maximum atomic E-state index is 13.0. The quantitative estimate of drug-likeness (QED) is 0.398. The zero-order valence-corrected chi connectivity index (χ0v) is 14.0. The van der Waals surface area contributed by atoms with Crippen LogP contribution < -0.4 is 5.32 Å². The maximum Gasteiger partial charge on any atom is 0.351 e. The lowest BCUT2D eigenvalue weighted by atomic mass is 10.2. The highest BCUT2D eigenvalue weighted by Gasteiger charge is 2.37. The molecule has 124 valence electrons. The molecule has 0 aliphatic carbocycles. The summed E-state index contributed by atoms with van der Waals surface area (Å²) >= 11 is 0. The van der Waals surface area contributed by atoms with Gasteiger partial charge in [-0.3, -0.25) is 20.0 Å². The average molecular weight is 330 g/mol. The Morgan fingerprint density at radius 2 is 1.91 bits per heavy atom. The summed E-state index contributed by atoms with van der Waals surface area (Å²) in [5, 5.41) is 14.1. The van der Waals surface area contributed by atoms with Crippen molar-refractivity contribution in [3.8, 4) is 0 Å². The molecular formula is C14H23N2O5P. The number of benzene rings is 1. The molecule has 0 aliphatic heterocycles. The molecule has 0 amide bonds. The van der Waals surface area contributed by atoms with Crippen LogP contribution in [0.4, 0.5) is 5.69 Å². The minimum absolute atomic E-state index is 0.0552. The molecule has 0 aliphatic rings. The van der Waals surface area contributed by atoms with Crippen LogP contribution in [0, 0.1) is 10.1 Å². The molecule has 1 aromatic rings. The fraction of sp³-hybridized carbons (Fsp3) is 0.571. The van der Waals surface area contributed by atoms with Gasteiger partial charge in [-0.15, -0.1) is 0 Å². The highest BCUT2D eigenvalue weighted by molar-refractivity contribution is 7.54. The van der Waals surface area contributed by atoms with Crippen molar-refractivity contribution in [2.24, 2.45) is 0 Å². The number of nitro groups is 1. The van der Waals surface area contributed by atoms with Crippen molar-refractivity contribution in [3.63, 3.8) is 0 Å². The van der Waals surface area contributed by atoms with Crippen LogP contribution in [-0.2, 0) is 13.6 Å². The van der Waals surface area contributed by atoms with Gasteiger partial charge in [-0.05, 0) is 32.4 Å². The number of nitro benzene ring substituents is 1. The molecule has 0 spiro atoms. The third kappa shape index (κ3) is 4.88. The van der Waals surface area contributed by atoms with Gasteiger partial charge in [0.2, 0.25) is 0 Å². The van der Waals surface area contributed by atoms with Crippen LogP contribution in [0.25, 0.3) is 0 Å². The van der Waals surface area contributed by atoms with Gasteiger partial charge in [0, 0.05) is 12.1 Å². The van der Waals surface area contributed by atoms with Crippen LogP contribution in [0.5, 0.6) is 0 Å². The summed E-state index contributed by atoms with van der Waals surface area (Å²) in [7, 11) is -3.46. The van der Waals surface area contributed by atoms with Crippen molar-refractivity contribution in [1.29, 1.82) is 0 Å². The van der Waals surface area contributed by atoms with E-state index >= 15 is 0 Å². The number of nitrogens with one attached hydrogen (secondary N) is 1. The first-order chi connectivity index (χ1) is 10.5. The zero-order chi connectivity index (χ0) is 16.6. The van der Waals surface area contributed by atoms with Crippen molar-refractivity contribution in [1.82, 2.24) is 5.32 Å². The van der Waals surface area contributed by atoms with Gasteiger partial charge in [-0.25, -0.2) is 0 Å². The molecule has 0 fully saturated rings. The van der Waals surface area contributed by atoms with Crippen LogP contribution >= 0.6 is 7.60 Å². The monoisotopic (exact) mass is 330 g/mol. The predicted octanol–water partition coefficient (Wildman–Crippen LogP) is 3.86. The van der Waals surface area contributed by atoms with E-state index < -0.39 is 18.3 Å². The van der Waals surface area contributed by atoms with E-state index in [1.165, 1.54) is 12.1 Å². The van der Waals surface area contributed by atoms with Crippen LogP contribution in [0.3, 0.4) is 0 Å². The van der Waals surface area contributed by atoms with Gasteiger partial charge >= 0.3 is 7.60 Å². The van der Waals surface area contributed by atoms with Crippen molar-refractivity contribution >= 4 is 13.3 Å². The molecule has 0 heterocycles. The normalized spacial score (nSPS) is 13.0. The SMILES string of the molecule is CCCN[C@H](c1cccc([N+](=O)[O-])c1)P(=O)(OCC)OCC. The second kappa shape index (κ2) is 9.00. The van der Waals surface area contributed by atoms with Gasteiger partial charge in [0.25, 0.3) is 5.69 Å². The summed E-state index contributed by atoms with van der Waals surface area (Å²) in [4.78, 5) is 10.5. The van der Waals surface area contributed by atoms with E-state index in [0.29, 0.717) is 12.1 Å². The van der Waals surface area contributed by atoms with E-state index in [2.05, 4.69) is 5.32 Å². The Morgan fingerprint density at radius 3 is 2.41 bits per heavy atom. The average Bonchev–Trinajstić information content (AvgIpc) is 2.48. The largest absolute Gasteiger partial charge is 0.351 e. The van der Waals surface area contributed by atoms with Crippen LogP contribution in [0.15, 0.2) is 24.3 Å². The van der Waals surface area contributed by atoms with E-state index in [1.807, 2.05) is 6.92 Å². The maximum absolute atomic E-state index is 13.0. The number of non-ortho nitro benzene ring substituents is 1. The van der Waals surface area contributed by atoms with E-state index in [4.69, 9.17) is 9.05 Å². The lowest BCUT2D eigenvalue weighted by Crippen LogP contribution is -2.24. The minimum atomic E-state index is -3.46. The van der Waals surface area contributed by atoms with Crippen molar-refractivity contribution in [2.75, 3.05) is 19.8 Å². The molecular weight excluding hydrogens is 307 g/mol. The number of hydrogen-bond acceptors (Lipinski definition) is 6. The smallest absolute Gasteiger partial charge is 0.308 e. The van der Waals surface area contributed by atoms with E-state index in [0.717, 1.165) is 6.42 Å². The highest BCUT2D eigenvalue weighted by Crippen LogP contribution is 2.59. The summed E-state index contributed by atoms with van der Waals surface area (Å²) in [6.07, 6.45) is 0.823. The van der Waals surface area contributed by atoms with Gasteiger partial charge in [-0.2, -0.15) is 0 Å². The van der Waals surface area contributed by atoms with Crippen LogP contribution in [-0.4, -0.2) is 24.7 Å². The summed E-state index contributed by atoms with van der Waals surface area (Å²) in [5.41, 5.74) is 0.466. The third-order valence-electron chi connectivity index (χ3n) is 2.92. The molecule has 1 N–H and O–H groups in total. The van der Waals surface area contributed by atoms with Crippen molar-refractivity contribution in [2.45, 2.75) is 33.0 Å². The Kier molecular flexibility index (Phi) is 7.68. The number of hydrogen-bond donors (Lipinski definition) is 1. The van der Waals surface area contributed by atoms with E-state index in [-0.39, 0.29) is 18.9 Å². The second-order valence-corrected chi connectivity index (χ2v) is 6.70. The summed E-state index contributed by atoms with van der Waals surface area (Å²) in [5.74, 6) is -0.729. The zero-order valence-electron chi connectivity index (χ0n) is 13.2. The standard InChI is InChI=1S/C14H23N2O5P/c1-4-10-15-14(22(19,20-5-2)21-6-3)12-8-7-9-13(11-12)16(17)18/h7-9,11,14-15H,4-6,10H2,1-3H3/t14-/m0/s1. The molecule has 8 heteroatoms. The topological polar surface area (TPSA) is 90.7 Å².